The van der Waals surface area contributed by atoms with E-state index in [1.807, 2.05) is 44.3 Å². The third-order valence-corrected chi connectivity index (χ3v) is 4.42. The Balaban J connectivity index is 1.80. The fraction of sp³-hybridized carbons (Fsp3) is 0.316. The predicted molar refractivity (Wildman–Crippen MR) is 101 cm³/mol. The second kappa shape index (κ2) is 8.85. The number of quaternary nitrogens is 1. The van der Waals surface area contributed by atoms with E-state index in [1.165, 1.54) is 10.5 Å². The number of carbonyl (C=O) groups is 1. The molecule has 0 bridgehead atoms. The molecule has 0 radical (unpaired) electrons. The third kappa shape index (κ3) is 5.65. The molecule has 0 fully saturated rings. The van der Waals surface area contributed by atoms with E-state index < -0.39 is 0 Å². The summed E-state index contributed by atoms with van der Waals surface area (Å²) < 4.78 is 6.17. The van der Waals surface area contributed by atoms with E-state index in [0.717, 1.165) is 34.4 Å². The Morgan fingerprint density at radius 2 is 1.92 bits per heavy atom. The molecule has 0 spiro atoms. The molecule has 128 valence electrons. The lowest BCUT2D eigenvalue weighted by atomic mass is 10.1. The van der Waals surface area contributed by atoms with Gasteiger partial charge in [0.2, 0.25) is 0 Å². The Bertz CT molecular complexity index is 686. The van der Waals surface area contributed by atoms with Gasteiger partial charge in [-0.25, -0.2) is 0 Å². The molecule has 5 heteroatoms. The van der Waals surface area contributed by atoms with Gasteiger partial charge in [0.15, 0.2) is 6.54 Å². The van der Waals surface area contributed by atoms with Crippen LogP contribution in [-0.2, 0) is 11.2 Å². The summed E-state index contributed by atoms with van der Waals surface area (Å²) in [7, 11) is 3.70. The Kier molecular flexibility index (Phi) is 6.82. The summed E-state index contributed by atoms with van der Waals surface area (Å²) in [4.78, 5) is 13.4. The van der Waals surface area contributed by atoms with Gasteiger partial charge in [0.1, 0.15) is 5.75 Å². The van der Waals surface area contributed by atoms with Gasteiger partial charge in [0.25, 0.3) is 5.91 Å². The van der Waals surface area contributed by atoms with Gasteiger partial charge in [0.05, 0.1) is 20.7 Å². The van der Waals surface area contributed by atoms with Gasteiger partial charge >= 0.3 is 0 Å². The first-order valence-corrected chi connectivity index (χ1v) is 8.77. The topological polar surface area (TPSA) is 42.8 Å². The van der Waals surface area contributed by atoms with Crippen LogP contribution in [-0.4, -0.2) is 33.2 Å². The van der Waals surface area contributed by atoms with Crippen molar-refractivity contribution in [2.24, 2.45) is 0 Å². The number of hydrogen-bond donors (Lipinski definition) is 2. The molecule has 2 rings (SSSR count). The van der Waals surface area contributed by atoms with Crippen LogP contribution in [0.1, 0.15) is 11.1 Å². The number of amides is 1. The van der Waals surface area contributed by atoms with Crippen molar-refractivity contribution in [1.29, 1.82) is 0 Å². The van der Waals surface area contributed by atoms with Crippen molar-refractivity contribution >= 4 is 27.5 Å². The van der Waals surface area contributed by atoms with Crippen LogP contribution < -0.4 is 15.0 Å². The molecule has 0 heterocycles. The van der Waals surface area contributed by atoms with E-state index in [2.05, 4.69) is 33.4 Å². The fourth-order valence-electron chi connectivity index (χ4n) is 2.47. The Labute approximate surface area is 151 Å². The molecule has 1 unspecified atom stereocenters. The molecule has 4 nitrogen and oxygen atoms in total. The highest BCUT2D eigenvalue weighted by atomic mass is 79.9. The van der Waals surface area contributed by atoms with Crippen LogP contribution in [0.5, 0.6) is 5.75 Å². The third-order valence-electron chi connectivity index (χ3n) is 3.92. The first-order valence-electron chi connectivity index (χ1n) is 7.98. The summed E-state index contributed by atoms with van der Waals surface area (Å²) in [6.07, 6.45) is 0.931. The quantitative estimate of drug-likeness (QED) is 0.761. The highest BCUT2D eigenvalue weighted by molar-refractivity contribution is 9.10. The molecule has 2 aromatic rings. The van der Waals surface area contributed by atoms with Gasteiger partial charge in [-0.1, -0.05) is 28.1 Å². The van der Waals surface area contributed by atoms with E-state index in [-0.39, 0.29) is 5.91 Å². The smallest absolute Gasteiger partial charge is 0.279 e. The average molecular weight is 392 g/mol. The van der Waals surface area contributed by atoms with E-state index >= 15 is 0 Å². The molecular weight excluding hydrogens is 368 g/mol. The maximum absolute atomic E-state index is 12.2. The SMILES string of the molecule is COc1ccc(CC[NH+](C)CC(=O)Nc2ccc(Br)cc2C)cc1. The largest absolute Gasteiger partial charge is 0.497 e. The number of ether oxygens (including phenoxy) is 1. The molecule has 24 heavy (non-hydrogen) atoms. The van der Waals surface area contributed by atoms with Crippen molar-refractivity contribution in [3.05, 3.63) is 58.1 Å². The molecule has 2 aromatic carbocycles. The lowest BCUT2D eigenvalue weighted by Gasteiger charge is -2.15. The first-order chi connectivity index (χ1) is 11.5. The van der Waals surface area contributed by atoms with Crippen LogP contribution in [0, 0.1) is 6.92 Å². The highest BCUT2D eigenvalue weighted by Crippen LogP contribution is 2.19. The molecule has 0 aliphatic rings. The molecular formula is C19H24BrN2O2+. The summed E-state index contributed by atoms with van der Waals surface area (Å²) >= 11 is 3.43. The molecule has 0 saturated heterocycles. The number of carbonyl (C=O) groups excluding carboxylic acids is 1. The zero-order chi connectivity index (χ0) is 17.5. The summed E-state index contributed by atoms with van der Waals surface area (Å²) in [6.45, 7) is 3.34. The van der Waals surface area contributed by atoms with Crippen LogP contribution in [0.25, 0.3) is 0 Å². The van der Waals surface area contributed by atoms with Crippen LogP contribution >= 0.6 is 15.9 Å². The molecule has 0 aliphatic carbocycles. The molecule has 1 amide bonds. The van der Waals surface area contributed by atoms with E-state index in [4.69, 9.17) is 4.74 Å². The number of methoxy groups -OCH3 is 1. The Morgan fingerprint density at radius 1 is 1.21 bits per heavy atom. The molecule has 1 atom stereocenters. The van der Waals surface area contributed by atoms with Crippen molar-refractivity contribution in [2.45, 2.75) is 13.3 Å². The maximum Gasteiger partial charge on any atom is 0.279 e. The van der Waals surface area contributed by atoms with Crippen LogP contribution in [0.2, 0.25) is 0 Å². The second-order valence-corrected chi connectivity index (χ2v) is 6.91. The Hall–Kier alpha value is -1.85. The molecule has 0 saturated carbocycles. The Morgan fingerprint density at radius 3 is 2.54 bits per heavy atom. The standard InChI is InChI=1S/C19H23BrN2O2/c1-14-12-16(20)6-9-18(14)21-19(23)13-22(2)11-10-15-4-7-17(24-3)8-5-15/h4-9,12H,10-11,13H2,1-3H3,(H,21,23)/p+1. The van der Waals surface area contributed by atoms with E-state index in [9.17, 15) is 4.79 Å². The van der Waals surface area contributed by atoms with Crippen LogP contribution in [0.15, 0.2) is 46.9 Å². The van der Waals surface area contributed by atoms with Crippen LogP contribution in [0.4, 0.5) is 5.69 Å². The number of likely N-dealkylation sites (N-methyl/N-ethyl adjacent to an activating group) is 1. The van der Waals surface area contributed by atoms with Gasteiger partial charge in [-0.3, -0.25) is 4.79 Å². The zero-order valence-electron chi connectivity index (χ0n) is 14.4. The normalized spacial score (nSPS) is 11.8. The monoisotopic (exact) mass is 391 g/mol. The minimum atomic E-state index is 0.0349. The zero-order valence-corrected chi connectivity index (χ0v) is 15.9. The number of halogens is 1. The van der Waals surface area contributed by atoms with E-state index in [1.54, 1.807) is 7.11 Å². The summed E-state index contributed by atoms with van der Waals surface area (Å²) in [5.74, 6) is 0.899. The van der Waals surface area contributed by atoms with Gasteiger partial charge in [-0.15, -0.1) is 0 Å². The van der Waals surface area contributed by atoms with Gasteiger partial charge in [-0.2, -0.15) is 0 Å². The summed E-state index contributed by atoms with van der Waals surface area (Å²) in [6, 6.07) is 13.9. The van der Waals surface area contributed by atoms with Gasteiger partial charge in [0, 0.05) is 16.6 Å². The second-order valence-electron chi connectivity index (χ2n) is 5.99. The minimum absolute atomic E-state index is 0.0349. The van der Waals surface area contributed by atoms with Gasteiger partial charge < -0.3 is 15.0 Å². The van der Waals surface area contributed by atoms with E-state index in [0.29, 0.717) is 6.54 Å². The average Bonchev–Trinajstić information content (AvgIpc) is 2.56. The lowest BCUT2D eigenvalue weighted by Crippen LogP contribution is -3.10. The molecule has 2 N–H and O–H groups in total. The van der Waals surface area contributed by atoms with Crippen molar-refractivity contribution < 1.29 is 14.4 Å². The van der Waals surface area contributed by atoms with Crippen molar-refractivity contribution in [3.8, 4) is 5.75 Å². The number of rotatable bonds is 7. The molecule has 0 aliphatic heterocycles. The number of anilines is 1. The predicted octanol–water partition coefficient (Wildman–Crippen LogP) is 2.46. The van der Waals surface area contributed by atoms with Gasteiger partial charge in [-0.05, 0) is 48.4 Å². The van der Waals surface area contributed by atoms with Crippen molar-refractivity contribution in [1.82, 2.24) is 0 Å². The minimum Gasteiger partial charge on any atom is -0.497 e. The maximum atomic E-state index is 12.2. The van der Waals surface area contributed by atoms with Crippen molar-refractivity contribution in [3.63, 3.8) is 0 Å². The summed E-state index contributed by atoms with van der Waals surface area (Å²) in [5.41, 5.74) is 3.17. The van der Waals surface area contributed by atoms with Crippen molar-refractivity contribution in [2.75, 3.05) is 32.6 Å². The number of nitrogens with one attached hydrogen (secondary N) is 2. The molecule has 0 aromatic heterocycles. The number of aryl methyl sites for hydroxylation is 1. The number of benzene rings is 2. The number of hydrogen-bond acceptors (Lipinski definition) is 2. The first kappa shape index (κ1) is 18.5. The fourth-order valence-corrected chi connectivity index (χ4v) is 2.95. The lowest BCUT2D eigenvalue weighted by molar-refractivity contribution is -0.870. The highest BCUT2D eigenvalue weighted by Gasteiger charge is 2.11. The van der Waals surface area contributed by atoms with Crippen LogP contribution in [0.3, 0.4) is 0 Å². The summed E-state index contributed by atoms with van der Waals surface area (Å²) in [5, 5.41) is 2.98.